The summed E-state index contributed by atoms with van der Waals surface area (Å²) in [6, 6.07) is 5.13. The van der Waals surface area contributed by atoms with Crippen LogP contribution in [0.25, 0.3) is 0 Å². The lowest BCUT2D eigenvalue weighted by Crippen LogP contribution is -2.04. The van der Waals surface area contributed by atoms with Crippen LogP contribution in [0.5, 0.6) is 5.75 Å². The molecule has 2 N–H and O–H groups in total. The van der Waals surface area contributed by atoms with E-state index in [0.29, 0.717) is 22.9 Å². The van der Waals surface area contributed by atoms with Crippen LogP contribution in [0.3, 0.4) is 0 Å². The summed E-state index contributed by atoms with van der Waals surface area (Å²) in [7, 11) is 0.264. The molecule has 0 spiro atoms. The molecule has 1 aromatic rings. The van der Waals surface area contributed by atoms with Crippen LogP contribution in [0.4, 0.5) is 5.69 Å². The molecule has 0 aliphatic heterocycles. The Hall–Kier alpha value is -1.07. The minimum absolute atomic E-state index is 0.139. The van der Waals surface area contributed by atoms with Gasteiger partial charge in [-0.25, -0.2) is 0 Å². The largest absolute Gasteiger partial charge is 0.494 e. The van der Waals surface area contributed by atoms with Gasteiger partial charge in [0.15, 0.2) is 0 Å². The third kappa shape index (κ3) is 3.21. The summed E-state index contributed by atoms with van der Waals surface area (Å²) in [5, 5.41) is 0. The highest BCUT2D eigenvalue weighted by Gasteiger charge is 2.09. The topological polar surface area (TPSA) is 61.5 Å². The Bertz CT molecular complexity index is 355. The Morgan fingerprint density at radius 3 is 2.80 bits per heavy atom. The molecule has 0 heterocycles. The molecule has 0 aliphatic carbocycles. The molecule has 84 valence electrons. The predicted octanol–water partition coefficient (Wildman–Crippen LogP) is 1.38. The van der Waals surface area contributed by atoms with Crippen LogP contribution in [0, 0.1) is 0 Å². The monoisotopic (exact) mass is 229 g/mol. The summed E-state index contributed by atoms with van der Waals surface area (Å²) in [5.41, 5.74) is 6.21. The fraction of sp³-hybridized carbons (Fsp3) is 0.400. The zero-order valence-corrected chi connectivity index (χ0v) is 9.67. The molecule has 0 radical (unpaired) electrons. The maximum Gasteiger partial charge on any atom is 0.126 e. The first-order valence-electron chi connectivity index (χ1n) is 4.58. The standard InChI is InChI=1S/C10H15NO3S/c1-3-14-8-4-5-9(11)10(6-8)15(12)7-13-2/h4-6H,3,7,11H2,1-2H3. The van der Waals surface area contributed by atoms with Crippen molar-refractivity contribution in [2.75, 3.05) is 25.4 Å². The van der Waals surface area contributed by atoms with Gasteiger partial charge in [-0.1, -0.05) is 0 Å². The van der Waals surface area contributed by atoms with Crippen molar-refractivity contribution < 1.29 is 13.7 Å². The van der Waals surface area contributed by atoms with Crippen molar-refractivity contribution in [2.45, 2.75) is 11.8 Å². The van der Waals surface area contributed by atoms with Gasteiger partial charge in [-0.05, 0) is 25.1 Å². The van der Waals surface area contributed by atoms with Crippen molar-refractivity contribution in [3.8, 4) is 5.75 Å². The second-order valence-corrected chi connectivity index (χ2v) is 4.25. The van der Waals surface area contributed by atoms with Crippen LogP contribution in [0.1, 0.15) is 6.92 Å². The number of methoxy groups -OCH3 is 1. The van der Waals surface area contributed by atoms with Gasteiger partial charge in [-0.2, -0.15) is 0 Å². The third-order valence-corrected chi connectivity index (χ3v) is 3.06. The maximum atomic E-state index is 11.7. The lowest BCUT2D eigenvalue weighted by atomic mass is 10.3. The average Bonchev–Trinajstić information content (AvgIpc) is 2.21. The van der Waals surface area contributed by atoms with E-state index in [4.69, 9.17) is 15.2 Å². The first-order valence-corrected chi connectivity index (χ1v) is 5.90. The van der Waals surface area contributed by atoms with Crippen LogP contribution in [0.2, 0.25) is 0 Å². The van der Waals surface area contributed by atoms with Crippen molar-refractivity contribution in [3.05, 3.63) is 18.2 Å². The van der Waals surface area contributed by atoms with Crippen LogP contribution >= 0.6 is 0 Å². The van der Waals surface area contributed by atoms with E-state index in [2.05, 4.69) is 0 Å². The van der Waals surface area contributed by atoms with Gasteiger partial charge in [0.2, 0.25) is 0 Å². The van der Waals surface area contributed by atoms with E-state index in [0.717, 1.165) is 0 Å². The summed E-state index contributed by atoms with van der Waals surface area (Å²) < 4.78 is 21.8. The summed E-state index contributed by atoms with van der Waals surface area (Å²) in [4.78, 5) is 0.558. The number of hydrogen-bond donors (Lipinski definition) is 1. The molecule has 1 aromatic carbocycles. The van der Waals surface area contributed by atoms with Gasteiger partial charge in [0.25, 0.3) is 0 Å². The molecule has 0 aromatic heterocycles. The molecule has 0 bridgehead atoms. The summed E-state index contributed by atoms with van der Waals surface area (Å²) in [6.07, 6.45) is 0. The van der Waals surface area contributed by atoms with E-state index < -0.39 is 10.8 Å². The van der Waals surface area contributed by atoms with Gasteiger partial charge in [0, 0.05) is 12.8 Å². The van der Waals surface area contributed by atoms with Gasteiger partial charge >= 0.3 is 0 Å². The number of ether oxygens (including phenoxy) is 2. The number of anilines is 1. The lowest BCUT2D eigenvalue weighted by Gasteiger charge is -2.08. The van der Waals surface area contributed by atoms with Crippen LogP contribution in [-0.2, 0) is 15.5 Å². The Balaban J connectivity index is 2.94. The number of nitrogens with two attached hydrogens (primary N) is 1. The fourth-order valence-corrected chi connectivity index (χ4v) is 2.06. The maximum absolute atomic E-state index is 11.7. The number of benzene rings is 1. The van der Waals surface area contributed by atoms with E-state index in [1.807, 2.05) is 6.92 Å². The van der Waals surface area contributed by atoms with Crippen molar-refractivity contribution in [2.24, 2.45) is 0 Å². The molecule has 1 unspecified atom stereocenters. The van der Waals surface area contributed by atoms with Crippen molar-refractivity contribution in [1.29, 1.82) is 0 Å². The SMILES string of the molecule is CCOc1ccc(N)c(S(=O)COC)c1. The molecule has 0 amide bonds. The molecule has 0 aliphatic rings. The van der Waals surface area contributed by atoms with Gasteiger partial charge in [0.05, 0.1) is 22.3 Å². The normalized spacial score (nSPS) is 12.4. The van der Waals surface area contributed by atoms with Gasteiger partial charge in [-0.3, -0.25) is 4.21 Å². The third-order valence-electron chi connectivity index (χ3n) is 1.77. The molecule has 15 heavy (non-hydrogen) atoms. The highest BCUT2D eigenvalue weighted by Crippen LogP contribution is 2.23. The van der Waals surface area contributed by atoms with E-state index in [-0.39, 0.29) is 5.94 Å². The smallest absolute Gasteiger partial charge is 0.126 e. The second-order valence-electron chi connectivity index (χ2n) is 2.88. The highest BCUT2D eigenvalue weighted by atomic mass is 32.2. The lowest BCUT2D eigenvalue weighted by molar-refractivity contribution is 0.254. The summed E-state index contributed by atoms with van der Waals surface area (Å²) in [6.45, 7) is 2.46. The average molecular weight is 229 g/mol. The highest BCUT2D eigenvalue weighted by molar-refractivity contribution is 7.85. The summed E-state index contributed by atoms with van der Waals surface area (Å²) >= 11 is 0. The fourth-order valence-electron chi connectivity index (χ4n) is 1.14. The van der Waals surface area contributed by atoms with E-state index >= 15 is 0 Å². The van der Waals surface area contributed by atoms with Crippen molar-refractivity contribution in [3.63, 3.8) is 0 Å². The predicted molar refractivity (Wildman–Crippen MR) is 60.3 cm³/mol. The zero-order valence-electron chi connectivity index (χ0n) is 8.86. The van der Waals surface area contributed by atoms with Gasteiger partial charge in [0.1, 0.15) is 11.7 Å². The minimum Gasteiger partial charge on any atom is -0.494 e. The second kappa shape index (κ2) is 5.72. The van der Waals surface area contributed by atoms with E-state index in [1.54, 1.807) is 18.2 Å². The van der Waals surface area contributed by atoms with Crippen molar-refractivity contribution >= 4 is 16.5 Å². The Kier molecular flexibility index (Phi) is 4.58. The quantitative estimate of drug-likeness (QED) is 0.775. The molecule has 5 heteroatoms. The zero-order chi connectivity index (χ0) is 11.3. The van der Waals surface area contributed by atoms with E-state index in [9.17, 15) is 4.21 Å². The number of nitrogen functional groups attached to an aromatic ring is 1. The molecular formula is C10H15NO3S. The van der Waals surface area contributed by atoms with Crippen molar-refractivity contribution in [1.82, 2.24) is 0 Å². The first kappa shape index (κ1) is 12.0. The Labute approximate surface area is 91.8 Å². The molecule has 1 atom stereocenters. The summed E-state index contributed by atoms with van der Waals surface area (Å²) in [5.74, 6) is 0.811. The van der Waals surface area contributed by atoms with Gasteiger partial charge < -0.3 is 15.2 Å². The molecule has 0 saturated heterocycles. The Morgan fingerprint density at radius 2 is 2.20 bits per heavy atom. The van der Waals surface area contributed by atoms with E-state index in [1.165, 1.54) is 7.11 Å². The molecular weight excluding hydrogens is 214 g/mol. The van der Waals surface area contributed by atoms with Crippen LogP contribution in [0.15, 0.2) is 23.1 Å². The number of hydrogen-bond acceptors (Lipinski definition) is 4. The van der Waals surface area contributed by atoms with Crippen LogP contribution < -0.4 is 10.5 Å². The minimum atomic E-state index is -1.24. The molecule has 0 saturated carbocycles. The van der Waals surface area contributed by atoms with Gasteiger partial charge in [-0.15, -0.1) is 0 Å². The molecule has 4 nitrogen and oxygen atoms in total. The molecule has 1 rings (SSSR count). The van der Waals surface area contributed by atoms with Crippen LogP contribution in [-0.4, -0.2) is 23.9 Å². The molecule has 0 fully saturated rings. The number of rotatable bonds is 5. The first-order chi connectivity index (χ1) is 7.19. The Morgan fingerprint density at radius 1 is 1.47 bits per heavy atom.